The molecule has 0 bridgehead atoms. The highest BCUT2D eigenvalue weighted by Crippen LogP contribution is 2.39. The Kier molecular flexibility index (Phi) is 21.6. The van der Waals surface area contributed by atoms with Gasteiger partial charge >= 0.3 is 12.4 Å². The summed E-state index contributed by atoms with van der Waals surface area (Å²) < 4.78 is 84.8. The molecule has 18 heteroatoms. The van der Waals surface area contributed by atoms with Crippen LogP contribution >= 0.6 is 35.1 Å². The molecule has 0 spiro atoms. The van der Waals surface area contributed by atoms with Crippen molar-refractivity contribution < 1.29 is 68.0 Å². The third-order valence-electron chi connectivity index (χ3n) is 8.30. The topological polar surface area (TPSA) is 131 Å². The fraction of sp³-hybridized carbons (Fsp3) is 0.526. The van der Waals surface area contributed by atoms with E-state index in [1.807, 2.05) is 31.2 Å². The summed E-state index contributed by atoms with van der Waals surface area (Å²) in [5, 5.41) is 22.5. The highest BCUT2D eigenvalue weighted by Gasteiger charge is 2.43. The van der Waals surface area contributed by atoms with Crippen molar-refractivity contribution in [3.63, 3.8) is 0 Å². The summed E-state index contributed by atoms with van der Waals surface area (Å²) in [7, 11) is 0. The molecule has 0 aromatic heterocycles. The fourth-order valence-electron chi connectivity index (χ4n) is 5.51. The Labute approximate surface area is 343 Å². The minimum absolute atomic E-state index is 0. The molecule has 5 N–H and O–H groups in total. The van der Waals surface area contributed by atoms with E-state index in [0.29, 0.717) is 29.1 Å². The van der Waals surface area contributed by atoms with Crippen molar-refractivity contribution in [1.29, 1.82) is 0 Å². The van der Waals surface area contributed by atoms with E-state index in [1.165, 1.54) is 6.42 Å². The molecule has 0 saturated heterocycles. The van der Waals surface area contributed by atoms with Crippen LogP contribution < -0.4 is 23.5 Å². The van der Waals surface area contributed by atoms with Gasteiger partial charge in [-0.2, -0.15) is 26.3 Å². The monoisotopic (exact) mass is 877 g/mol. The van der Waals surface area contributed by atoms with E-state index in [1.54, 1.807) is 31.2 Å². The first-order chi connectivity index (χ1) is 25.7. The number of alkyl halides is 6. The quantitative estimate of drug-likeness (QED) is 0.0709. The molecule has 2 heterocycles. The number of amides is 1. The third kappa shape index (κ3) is 16.2. The SMILES string of the molecule is CCCCCC(C)(O)c1ccccc1N.CCCCCC(C)(O)c1ccccc1NC(=O)C1=C(C(F)(F)F)OCCS1.O=C(Cl)C1=C(C(F)(F)F)OCCS1.[Cl-]. The van der Waals surface area contributed by atoms with Crippen LogP contribution in [0.2, 0.25) is 0 Å². The maximum Gasteiger partial charge on any atom is 0.450 e. The third-order valence-corrected chi connectivity index (χ3v) is 10.7. The van der Waals surface area contributed by atoms with Crippen molar-refractivity contribution in [3.8, 4) is 0 Å². The summed E-state index contributed by atoms with van der Waals surface area (Å²) in [5.74, 6) is -2.86. The maximum absolute atomic E-state index is 13.1. The largest absolute Gasteiger partial charge is 1.00 e. The molecule has 316 valence electrons. The van der Waals surface area contributed by atoms with Gasteiger partial charge in [-0.1, -0.05) is 88.8 Å². The Morgan fingerprint density at radius 2 is 1.18 bits per heavy atom. The average molecular weight is 879 g/mol. The molecular weight excluding hydrogens is 829 g/mol. The number of carbonyl (C=O) groups is 2. The summed E-state index contributed by atoms with van der Waals surface area (Å²) >= 11 is 6.54. The van der Waals surface area contributed by atoms with Crippen molar-refractivity contribution in [1.82, 2.24) is 0 Å². The molecule has 2 aliphatic rings. The summed E-state index contributed by atoms with van der Waals surface area (Å²) in [6, 6.07) is 14.2. The summed E-state index contributed by atoms with van der Waals surface area (Å²) in [4.78, 5) is 22.0. The van der Waals surface area contributed by atoms with E-state index in [-0.39, 0.29) is 31.4 Å². The second kappa shape index (κ2) is 23.6. The predicted molar refractivity (Wildman–Crippen MR) is 207 cm³/mol. The molecule has 2 aromatic carbocycles. The average Bonchev–Trinajstić information content (AvgIpc) is 3.12. The minimum Gasteiger partial charge on any atom is -1.00 e. The van der Waals surface area contributed by atoms with E-state index in [9.17, 15) is 46.1 Å². The number of para-hydroxylation sites is 2. The van der Waals surface area contributed by atoms with Crippen LogP contribution in [0.5, 0.6) is 0 Å². The Morgan fingerprint density at radius 1 is 0.750 bits per heavy atom. The van der Waals surface area contributed by atoms with E-state index < -0.39 is 56.0 Å². The Hall–Kier alpha value is -2.76. The summed E-state index contributed by atoms with van der Waals surface area (Å²) in [5.41, 5.74) is 6.16. The first-order valence-electron chi connectivity index (χ1n) is 17.7. The minimum atomic E-state index is -4.73. The van der Waals surface area contributed by atoms with Crippen LogP contribution in [0.25, 0.3) is 0 Å². The zero-order chi connectivity index (χ0) is 41.5. The molecule has 4 rings (SSSR count). The van der Waals surface area contributed by atoms with Gasteiger partial charge in [-0.15, -0.1) is 23.5 Å². The molecule has 0 saturated carbocycles. The predicted octanol–water partition coefficient (Wildman–Crippen LogP) is 7.30. The number of benzene rings is 2. The number of allylic oxidation sites excluding steroid dienone is 3. The number of carbonyl (C=O) groups excluding carboxylic acids is 2. The number of hydrogen-bond acceptors (Lipinski definition) is 9. The molecule has 2 aliphatic heterocycles. The van der Waals surface area contributed by atoms with Crippen LogP contribution in [-0.2, 0) is 30.3 Å². The number of hydrogen-bond donors (Lipinski definition) is 4. The van der Waals surface area contributed by atoms with Crippen molar-refractivity contribution in [2.45, 2.75) is 103 Å². The van der Waals surface area contributed by atoms with Crippen molar-refractivity contribution >= 4 is 57.6 Å². The highest BCUT2D eigenvalue weighted by molar-refractivity contribution is 8.04. The highest BCUT2D eigenvalue weighted by atomic mass is 35.5. The molecule has 1 amide bonds. The standard InChI is InChI=1S/C19H24F3NO3S.C13H21NO.C6H4ClF3O2S.ClH/c1-3-4-7-10-18(2,25)13-8-5-6-9-14(13)23-17(24)15-16(19(20,21)22)26-11-12-27-15;1-3-4-7-10-13(2,15)11-8-5-6-9-12(11)14;7-5(11)3-4(6(8,9)10)12-1-2-13-3;/h5-6,8-9,25H,3-4,7,10-12H2,1-2H3,(H,23,24);5-6,8-9,15H,3-4,7,10,14H2,1-2H3;1-2H2;1H/p-1. The van der Waals surface area contributed by atoms with Crippen molar-refractivity contribution in [2.75, 3.05) is 35.8 Å². The molecule has 0 radical (unpaired) electrons. The molecule has 2 unspecified atom stereocenters. The van der Waals surface area contributed by atoms with Crippen LogP contribution in [0.15, 0.2) is 69.9 Å². The number of rotatable bonds is 13. The number of nitrogens with one attached hydrogen (secondary N) is 1. The van der Waals surface area contributed by atoms with E-state index >= 15 is 0 Å². The lowest BCUT2D eigenvalue weighted by molar-refractivity contribution is -0.133. The molecule has 2 aromatic rings. The number of nitrogen functional groups attached to an aromatic ring is 1. The van der Waals surface area contributed by atoms with E-state index in [4.69, 9.17) is 22.1 Å². The lowest BCUT2D eigenvalue weighted by Crippen LogP contribution is -3.00. The first-order valence-corrected chi connectivity index (χ1v) is 20.1. The first kappa shape index (κ1) is 51.3. The Balaban J connectivity index is 0.000000457. The van der Waals surface area contributed by atoms with Gasteiger partial charge < -0.3 is 43.1 Å². The van der Waals surface area contributed by atoms with Gasteiger partial charge in [0.05, 0.1) is 24.4 Å². The fourth-order valence-corrected chi connectivity index (χ4v) is 7.41. The van der Waals surface area contributed by atoms with E-state index in [2.05, 4.69) is 23.9 Å². The Bertz CT molecular complexity index is 1640. The molecule has 0 fully saturated rings. The van der Waals surface area contributed by atoms with Crippen LogP contribution in [0.3, 0.4) is 0 Å². The Morgan fingerprint density at radius 3 is 1.62 bits per heavy atom. The van der Waals surface area contributed by atoms with Crippen LogP contribution in [-0.4, -0.2) is 58.4 Å². The van der Waals surface area contributed by atoms with Crippen LogP contribution in [0.4, 0.5) is 37.7 Å². The molecule has 56 heavy (non-hydrogen) atoms. The zero-order valence-electron chi connectivity index (χ0n) is 31.5. The van der Waals surface area contributed by atoms with Gasteiger partial charge in [0.15, 0.2) is 0 Å². The number of halogens is 8. The number of aliphatic hydroxyl groups is 2. The zero-order valence-corrected chi connectivity index (χ0v) is 34.7. The van der Waals surface area contributed by atoms with Crippen LogP contribution in [0.1, 0.15) is 90.2 Å². The molecule has 2 atom stereocenters. The lowest BCUT2D eigenvalue weighted by atomic mass is 9.89. The number of ether oxygens (including phenoxy) is 2. The lowest BCUT2D eigenvalue weighted by Gasteiger charge is -2.27. The van der Waals surface area contributed by atoms with Gasteiger partial charge in [-0.25, -0.2) is 0 Å². The second-order valence-corrected chi connectivity index (χ2v) is 15.6. The van der Waals surface area contributed by atoms with Crippen LogP contribution in [0, 0.1) is 0 Å². The smallest absolute Gasteiger partial charge is 0.450 e. The van der Waals surface area contributed by atoms with Gasteiger partial charge in [0.2, 0.25) is 11.5 Å². The molecule has 8 nitrogen and oxygen atoms in total. The normalized spacial score (nSPS) is 16.6. The van der Waals surface area contributed by atoms with Gasteiger partial charge in [-0.3, -0.25) is 9.59 Å². The van der Waals surface area contributed by atoms with Gasteiger partial charge in [-0.05, 0) is 50.4 Å². The summed E-state index contributed by atoms with van der Waals surface area (Å²) in [6.07, 6.45) is -1.99. The number of anilines is 2. The summed E-state index contributed by atoms with van der Waals surface area (Å²) in [6.45, 7) is 7.54. The van der Waals surface area contributed by atoms with Crippen molar-refractivity contribution in [2.24, 2.45) is 0 Å². The van der Waals surface area contributed by atoms with Gasteiger partial charge in [0, 0.05) is 34.0 Å². The molecule has 0 aliphatic carbocycles. The number of unbranched alkanes of at least 4 members (excludes halogenated alkanes) is 4. The van der Waals surface area contributed by atoms with Gasteiger partial charge in [0.1, 0.15) is 9.81 Å². The molecular formula is C38H49Cl2F6N2O6S2-. The number of nitrogens with two attached hydrogens (primary N) is 1. The van der Waals surface area contributed by atoms with Gasteiger partial charge in [0.25, 0.3) is 11.1 Å². The second-order valence-electron chi connectivity index (χ2n) is 13.0. The maximum atomic E-state index is 13.1. The van der Waals surface area contributed by atoms with Crippen molar-refractivity contribution in [3.05, 3.63) is 81.0 Å². The van der Waals surface area contributed by atoms with E-state index in [0.717, 1.165) is 67.6 Å². The number of thioether (sulfide) groups is 2.